The Labute approximate surface area is 105 Å². The summed E-state index contributed by atoms with van der Waals surface area (Å²) >= 11 is 1.95. The summed E-state index contributed by atoms with van der Waals surface area (Å²) in [6, 6.07) is 1.94. The normalized spacial score (nSPS) is 10.1. The van der Waals surface area contributed by atoms with E-state index in [-0.39, 0.29) is 5.56 Å². The van der Waals surface area contributed by atoms with E-state index in [0.717, 1.165) is 11.3 Å². The standard InChI is InChI=1S/C10H9IN4O/c1-6-2-7(4-12-3-6)15-9-8(11)10(16)14-5-13-9/h2-5H,1H3,(H2,13,14,15,16). The second-order valence-corrected chi connectivity index (χ2v) is 4.35. The van der Waals surface area contributed by atoms with E-state index in [1.807, 2.05) is 35.6 Å². The number of nitrogens with one attached hydrogen (secondary N) is 2. The van der Waals surface area contributed by atoms with Crippen LogP contribution in [-0.4, -0.2) is 15.0 Å². The van der Waals surface area contributed by atoms with Gasteiger partial charge in [-0.05, 0) is 41.1 Å². The van der Waals surface area contributed by atoms with Gasteiger partial charge in [0.25, 0.3) is 5.56 Å². The first-order valence-corrected chi connectivity index (χ1v) is 5.66. The smallest absolute Gasteiger partial charge is 0.266 e. The summed E-state index contributed by atoms with van der Waals surface area (Å²) in [5, 5.41) is 3.05. The highest BCUT2D eigenvalue weighted by atomic mass is 127. The number of anilines is 2. The molecule has 6 heteroatoms. The van der Waals surface area contributed by atoms with Crippen LogP contribution < -0.4 is 10.9 Å². The fourth-order valence-electron chi connectivity index (χ4n) is 1.23. The molecular formula is C10H9IN4O. The Morgan fingerprint density at radius 2 is 2.25 bits per heavy atom. The largest absolute Gasteiger partial charge is 0.338 e. The third-order valence-corrected chi connectivity index (χ3v) is 2.94. The van der Waals surface area contributed by atoms with E-state index < -0.39 is 0 Å². The van der Waals surface area contributed by atoms with E-state index in [1.165, 1.54) is 6.33 Å². The molecule has 0 bridgehead atoms. The fourth-order valence-corrected chi connectivity index (χ4v) is 1.66. The predicted molar refractivity (Wildman–Crippen MR) is 69.8 cm³/mol. The second-order valence-electron chi connectivity index (χ2n) is 3.27. The molecule has 2 heterocycles. The number of nitrogens with zero attached hydrogens (tertiary/aromatic N) is 2. The minimum absolute atomic E-state index is 0.154. The lowest BCUT2D eigenvalue weighted by Gasteiger charge is -2.06. The number of rotatable bonds is 2. The molecule has 0 fully saturated rings. The monoisotopic (exact) mass is 328 g/mol. The maximum atomic E-state index is 11.3. The predicted octanol–water partition coefficient (Wildman–Crippen LogP) is 1.82. The topological polar surface area (TPSA) is 70.7 Å². The SMILES string of the molecule is Cc1cncc(Nc2nc[nH]c(=O)c2I)c1. The maximum absolute atomic E-state index is 11.3. The van der Waals surface area contributed by atoms with Crippen molar-refractivity contribution in [1.29, 1.82) is 0 Å². The van der Waals surface area contributed by atoms with Crippen molar-refractivity contribution in [2.75, 3.05) is 5.32 Å². The van der Waals surface area contributed by atoms with Gasteiger partial charge < -0.3 is 10.3 Å². The lowest BCUT2D eigenvalue weighted by molar-refractivity contribution is 1.10. The Kier molecular flexibility index (Phi) is 3.18. The number of halogens is 1. The Bertz CT molecular complexity index is 567. The molecule has 0 saturated carbocycles. The van der Waals surface area contributed by atoms with Gasteiger partial charge in [0.15, 0.2) is 5.82 Å². The molecule has 5 nitrogen and oxygen atoms in total. The van der Waals surface area contributed by atoms with Crippen LogP contribution in [0.4, 0.5) is 11.5 Å². The van der Waals surface area contributed by atoms with Gasteiger partial charge in [0.1, 0.15) is 3.57 Å². The zero-order valence-electron chi connectivity index (χ0n) is 8.49. The highest BCUT2D eigenvalue weighted by molar-refractivity contribution is 14.1. The molecule has 0 saturated heterocycles. The minimum atomic E-state index is -0.154. The van der Waals surface area contributed by atoms with Crippen molar-refractivity contribution in [3.05, 3.63) is 44.3 Å². The van der Waals surface area contributed by atoms with Gasteiger partial charge in [-0.25, -0.2) is 4.98 Å². The van der Waals surface area contributed by atoms with Gasteiger partial charge in [0.05, 0.1) is 18.2 Å². The minimum Gasteiger partial charge on any atom is -0.338 e. The summed E-state index contributed by atoms with van der Waals surface area (Å²) in [4.78, 5) is 22.0. The molecule has 0 aromatic carbocycles. The first kappa shape index (κ1) is 11.1. The zero-order chi connectivity index (χ0) is 11.5. The molecule has 0 aliphatic rings. The quantitative estimate of drug-likeness (QED) is 0.825. The summed E-state index contributed by atoms with van der Waals surface area (Å²) in [5.41, 5.74) is 1.71. The summed E-state index contributed by atoms with van der Waals surface area (Å²) in [5.74, 6) is 0.539. The highest BCUT2D eigenvalue weighted by Gasteiger charge is 2.05. The van der Waals surface area contributed by atoms with E-state index in [9.17, 15) is 4.79 Å². The van der Waals surface area contributed by atoms with Gasteiger partial charge in [-0.1, -0.05) is 0 Å². The summed E-state index contributed by atoms with van der Waals surface area (Å²) in [6.07, 6.45) is 4.82. The molecule has 0 unspecified atom stereocenters. The molecule has 0 aliphatic carbocycles. The van der Waals surface area contributed by atoms with Crippen LogP contribution in [0.2, 0.25) is 0 Å². The van der Waals surface area contributed by atoms with E-state index >= 15 is 0 Å². The van der Waals surface area contributed by atoms with Gasteiger partial charge in [-0.3, -0.25) is 9.78 Å². The Morgan fingerprint density at radius 3 is 3.00 bits per heavy atom. The van der Waals surface area contributed by atoms with Gasteiger partial charge in [-0.2, -0.15) is 0 Å². The van der Waals surface area contributed by atoms with Crippen molar-refractivity contribution in [1.82, 2.24) is 15.0 Å². The van der Waals surface area contributed by atoms with E-state index in [2.05, 4.69) is 20.3 Å². The summed E-state index contributed by atoms with van der Waals surface area (Å²) < 4.78 is 0.529. The number of aryl methyl sites for hydroxylation is 1. The van der Waals surface area contributed by atoms with Gasteiger partial charge in [0.2, 0.25) is 0 Å². The zero-order valence-corrected chi connectivity index (χ0v) is 10.6. The molecule has 0 spiro atoms. The fraction of sp³-hybridized carbons (Fsp3) is 0.100. The number of aromatic amines is 1. The number of aromatic nitrogens is 3. The lowest BCUT2D eigenvalue weighted by atomic mass is 10.3. The average Bonchev–Trinajstić information content (AvgIpc) is 2.25. The number of H-pyrrole nitrogens is 1. The summed E-state index contributed by atoms with van der Waals surface area (Å²) in [6.45, 7) is 1.95. The van der Waals surface area contributed by atoms with Crippen molar-refractivity contribution in [3.8, 4) is 0 Å². The number of pyridine rings is 1. The second kappa shape index (κ2) is 4.60. The van der Waals surface area contributed by atoms with Crippen molar-refractivity contribution in [2.45, 2.75) is 6.92 Å². The van der Waals surface area contributed by atoms with Crippen LogP contribution >= 0.6 is 22.6 Å². The van der Waals surface area contributed by atoms with Crippen LogP contribution in [0.3, 0.4) is 0 Å². The molecule has 0 radical (unpaired) electrons. The van der Waals surface area contributed by atoms with Crippen molar-refractivity contribution < 1.29 is 0 Å². The van der Waals surface area contributed by atoms with Crippen molar-refractivity contribution in [2.24, 2.45) is 0 Å². The van der Waals surface area contributed by atoms with Gasteiger partial charge in [0, 0.05) is 6.20 Å². The Morgan fingerprint density at radius 1 is 1.44 bits per heavy atom. The van der Waals surface area contributed by atoms with E-state index in [0.29, 0.717) is 9.39 Å². The molecule has 2 N–H and O–H groups in total. The van der Waals surface area contributed by atoms with Crippen LogP contribution in [0.25, 0.3) is 0 Å². The lowest BCUT2D eigenvalue weighted by Crippen LogP contribution is -2.12. The first-order valence-electron chi connectivity index (χ1n) is 4.58. The third kappa shape index (κ3) is 2.38. The summed E-state index contributed by atoms with van der Waals surface area (Å²) in [7, 11) is 0. The molecule has 82 valence electrons. The third-order valence-electron chi connectivity index (χ3n) is 1.93. The molecule has 0 amide bonds. The molecule has 2 aromatic rings. The maximum Gasteiger partial charge on any atom is 0.266 e. The Hall–Kier alpha value is -1.44. The van der Waals surface area contributed by atoms with E-state index in [1.54, 1.807) is 12.4 Å². The highest BCUT2D eigenvalue weighted by Crippen LogP contribution is 2.16. The van der Waals surface area contributed by atoms with Crippen molar-refractivity contribution >= 4 is 34.1 Å². The molecule has 0 atom stereocenters. The molecule has 2 aromatic heterocycles. The van der Waals surface area contributed by atoms with Crippen LogP contribution in [0.1, 0.15) is 5.56 Å². The van der Waals surface area contributed by atoms with Crippen LogP contribution in [0.5, 0.6) is 0 Å². The van der Waals surface area contributed by atoms with E-state index in [4.69, 9.17) is 0 Å². The molecule has 0 aliphatic heterocycles. The van der Waals surface area contributed by atoms with Gasteiger partial charge in [-0.15, -0.1) is 0 Å². The number of hydrogen-bond donors (Lipinski definition) is 2. The van der Waals surface area contributed by atoms with Crippen LogP contribution in [0.15, 0.2) is 29.6 Å². The Balaban J connectivity index is 2.34. The molecular weight excluding hydrogens is 319 g/mol. The van der Waals surface area contributed by atoms with Gasteiger partial charge >= 0.3 is 0 Å². The number of hydrogen-bond acceptors (Lipinski definition) is 4. The molecule has 16 heavy (non-hydrogen) atoms. The first-order chi connectivity index (χ1) is 7.66. The van der Waals surface area contributed by atoms with Crippen LogP contribution in [0, 0.1) is 10.5 Å². The molecule has 2 rings (SSSR count). The average molecular weight is 328 g/mol. The van der Waals surface area contributed by atoms with Crippen LogP contribution in [-0.2, 0) is 0 Å². The van der Waals surface area contributed by atoms with Crippen molar-refractivity contribution in [3.63, 3.8) is 0 Å².